The normalized spacial score (nSPS) is 23.0. The minimum absolute atomic E-state index is 0.0211. The van der Waals surface area contributed by atoms with E-state index in [1.165, 1.54) is 19.2 Å². The average Bonchev–Trinajstić information content (AvgIpc) is 2.47. The monoisotopic (exact) mass is 313 g/mol. The first-order valence-corrected chi connectivity index (χ1v) is 8.59. The number of rotatable bonds is 4. The third-order valence-electron chi connectivity index (χ3n) is 4.15. The van der Waals surface area contributed by atoms with Crippen LogP contribution < -0.4 is 15.4 Å². The van der Waals surface area contributed by atoms with Gasteiger partial charge in [0.15, 0.2) is 0 Å². The molecule has 1 saturated carbocycles. The van der Waals surface area contributed by atoms with Crippen LogP contribution in [0.3, 0.4) is 0 Å². The molecule has 0 saturated heterocycles. The van der Waals surface area contributed by atoms with Gasteiger partial charge in [0.25, 0.3) is 0 Å². The molecule has 4 N–H and O–H groups in total. The van der Waals surface area contributed by atoms with Crippen molar-refractivity contribution in [2.45, 2.75) is 42.7 Å². The second-order valence-electron chi connectivity index (χ2n) is 5.46. The van der Waals surface area contributed by atoms with Gasteiger partial charge in [-0.15, -0.1) is 0 Å². The number of hydrogen-bond donors (Lipinski definition) is 3. The predicted octanol–water partition coefficient (Wildman–Crippen LogP) is 0.917. The zero-order valence-corrected chi connectivity index (χ0v) is 13.2. The number of nitrogens with two attached hydrogens (primary N) is 1. The van der Waals surface area contributed by atoms with Crippen LogP contribution >= 0.6 is 0 Å². The Kier molecular flexibility index (Phi) is 4.75. The quantitative estimate of drug-likeness (QED) is 0.718. The smallest absolute Gasteiger partial charge is 0.240 e. The van der Waals surface area contributed by atoms with Crippen molar-refractivity contribution in [3.05, 3.63) is 18.2 Å². The second kappa shape index (κ2) is 6.21. The van der Waals surface area contributed by atoms with Gasteiger partial charge in [-0.1, -0.05) is 12.8 Å². The first kappa shape index (κ1) is 16.1. The van der Waals surface area contributed by atoms with Crippen molar-refractivity contribution in [2.75, 3.05) is 24.7 Å². The van der Waals surface area contributed by atoms with E-state index in [0.717, 1.165) is 31.4 Å². The van der Waals surface area contributed by atoms with E-state index in [1.54, 1.807) is 6.07 Å². The lowest BCUT2D eigenvalue weighted by Gasteiger charge is -2.37. The first-order chi connectivity index (χ1) is 9.86. The molecule has 0 radical (unpaired) electrons. The Balaban J connectivity index is 2.28. The molecule has 7 heteroatoms. The molecule has 1 aliphatic carbocycles. The highest BCUT2D eigenvalue weighted by molar-refractivity contribution is 7.89. The number of aliphatic hydroxyl groups excluding tert-OH is 1. The first-order valence-electron chi connectivity index (χ1n) is 7.11. The van der Waals surface area contributed by atoms with Crippen LogP contribution in [0.4, 0.5) is 11.4 Å². The summed E-state index contributed by atoms with van der Waals surface area (Å²) < 4.78 is 25.8. The number of nitrogen functional groups attached to an aromatic ring is 1. The predicted molar refractivity (Wildman–Crippen MR) is 83.8 cm³/mol. The molecule has 21 heavy (non-hydrogen) atoms. The minimum Gasteiger partial charge on any atom is -0.397 e. The fraction of sp³-hybridized carbons (Fsp3) is 0.571. The highest BCUT2D eigenvalue weighted by atomic mass is 32.2. The molecule has 2 atom stereocenters. The number of nitrogens with zero attached hydrogens (tertiary/aromatic N) is 1. The highest BCUT2D eigenvalue weighted by Gasteiger charge is 2.28. The van der Waals surface area contributed by atoms with Crippen LogP contribution in [-0.4, -0.2) is 39.8 Å². The van der Waals surface area contributed by atoms with Crippen molar-refractivity contribution in [1.82, 2.24) is 4.72 Å². The largest absolute Gasteiger partial charge is 0.397 e. The van der Waals surface area contributed by atoms with E-state index in [2.05, 4.69) is 4.72 Å². The van der Waals surface area contributed by atoms with E-state index >= 15 is 0 Å². The van der Waals surface area contributed by atoms with E-state index in [9.17, 15) is 13.5 Å². The van der Waals surface area contributed by atoms with Crippen molar-refractivity contribution in [1.29, 1.82) is 0 Å². The molecule has 2 unspecified atom stereocenters. The fourth-order valence-electron chi connectivity index (χ4n) is 2.86. The van der Waals surface area contributed by atoms with E-state index in [-0.39, 0.29) is 17.0 Å². The van der Waals surface area contributed by atoms with Gasteiger partial charge in [0.05, 0.1) is 28.4 Å². The molecule has 1 aliphatic rings. The fourth-order valence-corrected chi connectivity index (χ4v) is 3.63. The van der Waals surface area contributed by atoms with Gasteiger partial charge in [-0.05, 0) is 38.1 Å². The van der Waals surface area contributed by atoms with Gasteiger partial charge < -0.3 is 15.7 Å². The molecular formula is C14H23N3O3S. The van der Waals surface area contributed by atoms with Gasteiger partial charge in [-0.3, -0.25) is 0 Å². The van der Waals surface area contributed by atoms with Gasteiger partial charge in [-0.2, -0.15) is 0 Å². The summed E-state index contributed by atoms with van der Waals surface area (Å²) >= 11 is 0. The maximum Gasteiger partial charge on any atom is 0.240 e. The minimum atomic E-state index is -3.50. The van der Waals surface area contributed by atoms with Crippen molar-refractivity contribution in [3.8, 4) is 0 Å². The Morgan fingerprint density at radius 2 is 2.00 bits per heavy atom. The Labute approximate surface area is 126 Å². The van der Waals surface area contributed by atoms with Crippen LogP contribution in [-0.2, 0) is 10.0 Å². The summed E-state index contributed by atoms with van der Waals surface area (Å²) in [4.78, 5) is 2.10. The third kappa shape index (κ3) is 3.30. The third-order valence-corrected chi connectivity index (χ3v) is 5.56. The maximum atomic E-state index is 11.8. The molecule has 0 amide bonds. The Bertz CT molecular complexity index is 603. The number of aliphatic hydroxyl groups is 1. The van der Waals surface area contributed by atoms with Crippen LogP contribution in [0.5, 0.6) is 0 Å². The van der Waals surface area contributed by atoms with Crippen LogP contribution in [0.2, 0.25) is 0 Å². The standard InChI is InChI=1S/C14H23N3O3S/c1-16-21(19,20)10-7-8-12(11(15)9-10)17(2)13-5-3-4-6-14(13)18/h7-9,13-14,16,18H,3-6,15H2,1-2H3. The zero-order chi connectivity index (χ0) is 15.6. The molecule has 1 fully saturated rings. The lowest BCUT2D eigenvalue weighted by atomic mass is 9.91. The molecule has 6 nitrogen and oxygen atoms in total. The molecule has 0 aromatic heterocycles. The van der Waals surface area contributed by atoms with Gasteiger partial charge in [0, 0.05) is 7.05 Å². The van der Waals surface area contributed by atoms with E-state index in [1.807, 2.05) is 11.9 Å². The summed E-state index contributed by atoms with van der Waals surface area (Å²) in [5, 5.41) is 10.1. The topological polar surface area (TPSA) is 95.7 Å². The SMILES string of the molecule is CNS(=O)(=O)c1ccc(N(C)C2CCCCC2O)c(N)c1. The lowest BCUT2D eigenvalue weighted by molar-refractivity contribution is 0.106. The number of hydrogen-bond acceptors (Lipinski definition) is 5. The number of likely N-dealkylation sites (N-methyl/N-ethyl adjacent to an activating group) is 1. The van der Waals surface area contributed by atoms with Crippen LogP contribution in [0.1, 0.15) is 25.7 Å². The van der Waals surface area contributed by atoms with Crippen LogP contribution in [0.15, 0.2) is 23.1 Å². The number of nitrogens with one attached hydrogen (secondary N) is 1. The summed E-state index contributed by atoms with van der Waals surface area (Å²) in [5.74, 6) is 0. The van der Waals surface area contributed by atoms with Gasteiger partial charge in [0.2, 0.25) is 10.0 Å². The summed E-state index contributed by atoms with van der Waals surface area (Å²) in [6, 6.07) is 4.70. The molecular weight excluding hydrogens is 290 g/mol. The second-order valence-corrected chi connectivity index (χ2v) is 7.34. The molecule has 1 aromatic carbocycles. The zero-order valence-electron chi connectivity index (χ0n) is 12.4. The van der Waals surface area contributed by atoms with E-state index < -0.39 is 10.0 Å². The molecule has 2 rings (SSSR count). The molecule has 0 aliphatic heterocycles. The van der Waals surface area contributed by atoms with Crippen molar-refractivity contribution < 1.29 is 13.5 Å². The number of anilines is 2. The summed E-state index contributed by atoms with van der Waals surface area (Å²) in [5.41, 5.74) is 7.15. The van der Waals surface area contributed by atoms with E-state index in [0.29, 0.717) is 5.69 Å². The van der Waals surface area contributed by atoms with E-state index in [4.69, 9.17) is 5.73 Å². The average molecular weight is 313 g/mol. The number of benzene rings is 1. The van der Waals surface area contributed by atoms with Crippen molar-refractivity contribution >= 4 is 21.4 Å². The Morgan fingerprint density at radius 3 is 2.57 bits per heavy atom. The molecule has 118 valence electrons. The lowest BCUT2D eigenvalue weighted by Crippen LogP contribution is -2.43. The van der Waals surface area contributed by atoms with Gasteiger partial charge in [0.1, 0.15) is 0 Å². The summed E-state index contributed by atoms with van der Waals surface area (Å²) in [7, 11) is -0.246. The van der Waals surface area contributed by atoms with Gasteiger partial charge >= 0.3 is 0 Å². The maximum absolute atomic E-state index is 11.8. The molecule has 0 bridgehead atoms. The molecule has 0 spiro atoms. The highest BCUT2D eigenvalue weighted by Crippen LogP contribution is 2.31. The Morgan fingerprint density at radius 1 is 1.33 bits per heavy atom. The number of sulfonamides is 1. The summed E-state index contributed by atoms with van der Waals surface area (Å²) in [6.07, 6.45) is 3.46. The van der Waals surface area contributed by atoms with Crippen LogP contribution in [0, 0.1) is 0 Å². The van der Waals surface area contributed by atoms with Crippen molar-refractivity contribution in [3.63, 3.8) is 0 Å². The van der Waals surface area contributed by atoms with Gasteiger partial charge in [-0.25, -0.2) is 13.1 Å². The van der Waals surface area contributed by atoms with Crippen molar-refractivity contribution in [2.24, 2.45) is 0 Å². The van der Waals surface area contributed by atoms with Crippen LogP contribution in [0.25, 0.3) is 0 Å². The molecule has 0 heterocycles. The Hall–Kier alpha value is -1.31. The summed E-state index contributed by atoms with van der Waals surface area (Å²) in [6.45, 7) is 0. The molecule has 1 aromatic rings.